The first kappa shape index (κ1) is 14.4. The summed E-state index contributed by atoms with van der Waals surface area (Å²) in [5.74, 6) is -0.274. The minimum atomic E-state index is -0.274. The van der Waals surface area contributed by atoms with E-state index in [0.29, 0.717) is 10.7 Å². The first-order valence-electron chi connectivity index (χ1n) is 7.27. The van der Waals surface area contributed by atoms with Crippen LogP contribution in [0.25, 0.3) is 0 Å². The number of hydrogen-bond acceptors (Lipinski definition) is 1. The van der Waals surface area contributed by atoms with Gasteiger partial charge in [-0.2, -0.15) is 0 Å². The summed E-state index contributed by atoms with van der Waals surface area (Å²) in [5, 5.41) is 4.02. The summed E-state index contributed by atoms with van der Waals surface area (Å²) < 4.78 is 13.5. The Labute approximate surface area is 130 Å². The highest BCUT2D eigenvalue weighted by Crippen LogP contribution is 2.45. The number of hydrogen-bond donors (Lipinski definition) is 1. The average Bonchev–Trinajstić information content (AvgIpc) is 2.46. The van der Waals surface area contributed by atoms with Crippen LogP contribution in [0.5, 0.6) is 0 Å². The van der Waals surface area contributed by atoms with Crippen molar-refractivity contribution in [2.75, 3.05) is 5.32 Å². The van der Waals surface area contributed by atoms with E-state index in [1.165, 1.54) is 23.3 Å². The Bertz CT molecular complexity index is 666. The lowest BCUT2D eigenvalue weighted by Gasteiger charge is -2.41. The summed E-state index contributed by atoms with van der Waals surface area (Å²) >= 11 is 6.21. The highest BCUT2D eigenvalue weighted by Gasteiger charge is 2.35. The summed E-state index contributed by atoms with van der Waals surface area (Å²) in [6.07, 6.45) is 2.17. The van der Waals surface area contributed by atoms with Crippen LogP contribution in [0, 0.1) is 11.2 Å². The Morgan fingerprint density at radius 3 is 2.76 bits per heavy atom. The third kappa shape index (κ3) is 2.77. The fourth-order valence-electron chi connectivity index (χ4n) is 3.10. The van der Waals surface area contributed by atoms with Gasteiger partial charge in [0.2, 0.25) is 0 Å². The molecular weight excluding hydrogens is 285 g/mol. The first-order chi connectivity index (χ1) is 9.97. The highest BCUT2D eigenvalue weighted by atomic mass is 35.5. The van der Waals surface area contributed by atoms with Gasteiger partial charge in [0.1, 0.15) is 5.82 Å². The zero-order chi connectivity index (χ0) is 15.0. The van der Waals surface area contributed by atoms with Crippen LogP contribution in [0.4, 0.5) is 10.1 Å². The van der Waals surface area contributed by atoms with Crippen LogP contribution < -0.4 is 5.32 Å². The maximum absolute atomic E-state index is 13.5. The van der Waals surface area contributed by atoms with Gasteiger partial charge in [0.25, 0.3) is 0 Å². The number of halogens is 2. The standard InChI is InChI=1S/C18H19ClFN/c1-18(2)10-9-12-5-3-4-6-14(12)17(18)21-16-11-13(20)7-8-15(16)19/h3-8,11,17,21H,9-10H2,1-2H3. The molecule has 1 nitrogen and oxygen atoms in total. The first-order valence-corrected chi connectivity index (χ1v) is 7.64. The van der Waals surface area contributed by atoms with Gasteiger partial charge in [-0.05, 0) is 47.6 Å². The fourth-order valence-corrected chi connectivity index (χ4v) is 3.27. The van der Waals surface area contributed by atoms with Gasteiger partial charge in [0.15, 0.2) is 0 Å². The number of nitrogens with one attached hydrogen (secondary N) is 1. The summed E-state index contributed by atoms with van der Waals surface area (Å²) in [6.45, 7) is 4.49. The molecule has 0 fully saturated rings. The molecule has 0 saturated heterocycles. The Balaban J connectivity index is 2.01. The number of fused-ring (bicyclic) bond motifs is 1. The Kier molecular flexibility index (Phi) is 3.66. The van der Waals surface area contributed by atoms with Crippen LogP contribution >= 0.6 is 11.6 Å². The van der Waals surface area contributed by atoms with E-state index in [1.807, 2.05) is 0 Å². The highest BCUT2D eigenvalue weighted by molar-refractivity contribution is 6.33. The second kappa shape index (κ2) is 5.34. The molecule has 0 amide bonds. The molecule has 0 saturated carbocycles. The van der Waals surface area contributed by atoms with E-state index in [0.717, 1.165) is 12.8 Å². The summed E-state index contributed by atoms with van der Waals surface area (Å²) in [5.41, 5.74) is 3.40. The van der Waals surface area contributed by atoms with Gasteiger partial charge in [-0.1, -0.05) is 49.7 Å². The Hall–Kier alpha value is -1.54. The second-order valence-corrected chi connectivity index (χ2v) is 6.80. The molecule has 0 radical (unpaired) electrons. The van der Waals surface area contributed by atoms with E-state index in [2.05, 4.69) is 43.4 Å². The third-order valence-electron chi connectivity index (χ3n) is 4.41. The van der Waals surface area contributed by atoms with E-state index < -0.39 is 0 Å². The van der Waals surface area contributed by atoms with Crippen molar-refractivity contribution >= 4 is 17.3 Å². The van der Waals surface area contributed by atoms with Gasteiger partial charge in [-0.15, -0.1) is 0 Å². The molecular formula is C18H19ClFN. The number of aryl methyl sites for hydroxylation is 1. The molecule has 21 heavy (non-hydrogen) atoms. The van der Waals surface area contributed by atoms with E-state index in [4.69, 9.17) is 11.6 Å². The van der Waals surface area contributed by atoms with Crippen LogP contribution in [0.1, 0.15) is 37.4 Å². The van der Waals surface area contributed by atoms with E-state index >= 15 is 0 Å². The number of benzene rings is 2. The van der Waals surface area contributed by atoms with Crippen molar-refractivity contribution in [2.45, 2.75) is 32.7 Å². The topological polar surface area (TPSA) is 12.0 Å². The van der Waals surface area contributed by atoms with Crippen LogP contribution in [-0.4, -0.2) is 0 Å². The summed E-state index contributed by atoms with van der Waals surface area (Å²) in [4.78, 5) is 0. The predicted octanol–water partition coefficient (Wildman–Crippen LogP) is 5.60. The lowest BCUT2D eigenvalue weighted by atomic mass is 9.70. The molecule has 0 aromatic heterocycles. The normalized spacial score (nSPS) is 19.9. The number of rotatable bonds is 2. The zero-order valence-electron chi connectivity index (χ0n) is 12.3. The van der Waals surface area contributed by atoms with Crippen molar-refractivity contribution < 1.29 is 4.39 Å². The van der Waals surface area contributed by atoms with E-state index in [1.54, 1.807) is 6.07 Å². The average molecular weight is 304 g/mol. The smallest absolute Gasteiger partial charge is 0.125 e. The van der Waals surface area contributed by atoms with Crippen molar-refractivity contribution in [3.63, 3.8) is 0 Å². The second-order valence-electron chi connectivity index (χ2n) is 6.39. The van der Waals surface area contributed by atoms with Gasteiger partial charge in [0, 0.05) is 0 Å². The molecule has 0 aliphatic heterocycles. The molecule has 2 aromatic rings. The van der Waals surface area contributed by atoms with E-state index in [-0.39, 0.29) is 17.3 Å². The molecule has 1 N–H and O–H groups in total. The van der Waals surface area contributed by atoms with Gasteiger partial charge in [0.05, 0.1) is 16.8 Å². The van der Waals surface area contributed by atoms with Crippen molar-refractivity contribution in [1.29, 1.82) is 0 Å². The molecule has 0 heterocycles. The minimum Gasteiger partial charge on any atom is -0.376 e. The van der Waals surface area contributed by atoms with E-state index in [9.17, 15) is 4.39 Å². The Morgan fingerprint density at radius 1 is 1.19 bits per heavy atom. The van der Waals surface area contributed by atoms with Gasteiger partial charge in [-0.25, -0.2) is 4.39 Å². The molecule has 2 aromatic carbocycles. The minimum absolute atomic E-state index is 0.0873. The van der Waals surface area contributed by atoms with Crippen LogP contribution in [0.3, 0.4) is 0 Å². The maximum Gasteiger partial charge on any atom is 0.125 e. The lowest BCUT2D eigenvalue weighted by molar-refractivity contribution is 0.265. The van der Waals surface area contributed by atoms with Crippen LogP contribution in [-0.2, 0) is 6.42 Å². The largest absolute Gasteiger partial charge is 0.376 e. The third-order valence-corrected chi connectivity index (χ3v) is 4.74. The monoisotopic (exact) mass is 303 g/mol. The molecule has 3 heteroatoms. The molecule has 1 unspecified atom stereocenters. The summed E-state index contributed by atoms with van der Waals surface area (Å²) in [6, 6.07) is 13.0. The lowest BCUT2D eigenvalue weighted by Crippen LogP contribution is -2.33. The Morgan fingerprint density at radius 2 is 1.95 bits per heavy atom. The van der Waals surface area contributed by atoms with Crippen molar-refractivity contribution in [3.8, 4) is 0 Å². The molecule has 0 spiro atoms. The summed E-state index contributed by atoms with van der Waals surface area (Å²) in [7, 11) is 0. The predicted molar refractivity (Wildman–Crippen MR) is 86.3 cm³/mol. The van der Waals surface area contributed by atoms with Crippen LogP contribution in [0.2, 0.25) is 5.02 Å². The van der Waals surface area contributed by atoms with Crippen molar-refractivity contribution in [1.82, 2.24) is 0 Å². The molecule has 1 aliphatic carbocycles. The van der Waals surface area contributed by atoms with Crippen molar-refractivity contribution in [3.05, 3.63) is 64.4 Å². The SMILES string of the molecule is CC1(C)CCc2ccccc2C1Nc1cc(F)ccc1Cl. The molecule has 1 aliphatic rings. The van der Waals surface area contributed by atoms with Gasteiger partial charge in [-0.3, -0.25) is 0 Å². The molecule has 0 bridgehead atoms. The number of anilines is 1. The maximum atomic E-state index is 13.5. The van der Waals surface area contributed by atoms with Crippen LogP contribution in [0.15, 0.2) is 42.5 Å². The van der Waals surface area contributed by atoms with Crippen molar-refractivity contribution in [2.24, 2.45) is 5.41 Å². The molecule has 1 atom stereocenters. The van der Waals surface area contributed by atoms with Gasteiger partial charge >= 0.3 is 0 Å². The zero-order valence-corrected chi connectivity index (χ0v) is 13.0. The molecule has 110 valence electrons. The quantitative estimate of drug-likeness (QED) is 0.761. The fraction of sp³-hybridized carbons (Fsp3) is 0.333. The van der Waals surface area contributed by atoms with Gasteiger partial charge < -0.3 is 5.32 Å². The molecule has 3 rings (SSSR count).